The highest BCUT2D eigenvalue weighted by atomic mass is 32.1. The number of aromatic nitrogens is 1. The summed E-state index contributed by atoms with van der Waals surface area (Å²) in [5.74, 6) is 1.17. The van der Waals surface area contributed by atoms with E-state index < -0.39 is 0 Å². The Morgan fingerprint density at radius 1 is 1.00 bits per heavy atom. The van der Waals surface area contributed by atoms with Crippen molar-refractivity contribution in [2.24, 2.45) is 0 Å². The van der Waals surface area contributed by atoms with Gasteiger partial charge in [0, 0.05) is 45.4 Å². The van der Waals surface area contributed by atoms with E-state index in [1.807, 2.05) is 30.3 Å². The first kappa shape index (κ1) is 16.5. The molecule has 5 heteroatoms. The molecule has 3 heterocycles. The maximum atomic E-state index is 10.5. The fraction of sp³-hybridized carbons (Fsp3) is 0.227. The SMILES string of the molecule is Oc1cc(Nc2nc3ccccc3c3cscc23)ccc1CN1CCCC1. The number of fused-ring (bicyclic) bond motifs is 3. The summed E-state index contributed by atoms with van der Waals surface area (Å²) >= 11 is 1.68. The van der Waals surface area contributed by atoms with Gasteiger partial charge in [0.1, 0.15) is 11.6 Å². The Balaban J connectivity index is 1.47. The molecule has 2 aromatic carbocycles. The monoisotopic (exact) mass is 375 g/mol. The maximum absolute atomic E-state index is 10.5. The number of rotatable bonds is 4. The Bertz CT molecular complexity index is 1120. The third kappa shape index (κ3) is 3.13. The number of phenolic OH excluding ortho intramolecular Hbond substituents is 1. The average Bonchev–Trinajstić information content (AvgIpc) is 3.36. The van der Waals surface area contributed by atoms with Gasteiger partial charge in [0.25, 0.3) is 0 Å². The highest BCUT2D eigenvalue weighted by Crippen LogP contribution is 2.34. The van der Waals surface area contributed by atoms with Gasteiger partial charge in [-0.2, -0.15) is 11.3 Å². The molecule has 2 aromatic heterocycles. The lowest BCUT2D eigenvalue weighted by Crippen LogP contribution is -2.18. The smallest absolute Gasteiger partial charge is 0.139 e. The van der Waals surface area contributed by atoms with Crippen LogP contribution >= 0.6 is 11.3 Å². The summed E-state index contributed by atoms with van der Waals surface area (Å²) in [6.45, 7) is 3.06. The number of aromatic hydroxyl groups is 1. The molecule has 2 N–H and O–H groups in total. The summed E-state index contributed by atoms with van der Waals surface area (Å²) in [7, 11) is 0. The number of nitrogens with zero attached hydrogens (tertiary/aromatic N) is 2. The van der Waals surface area contributed by atoms with Crippen LogP contribution in [0.4, 0.5) is 11.5 Å². The number of pyridine rings is 1. The minimum absolute atomic E-state index is 0.342. The van der Waals surface area contributed by atoms with Crippen molar-refractivity contribution < 1.29 is 5.11 Å². The molecule has 1 fully saturated rings. The maximum Gasteiger partial charge on any atom is 0.139 e. The van der Waals surface area contributed by atoms with E-state index in [1.54, 1.807) is 17.4 Å². The molecule has 136 valence electrons. The number of benzene rings is 2. The molecule has 5 rings (SSSR count). The number of likely N-dealkylation sites (tertiary alicyclic amines) is 1. The summed E-state index contributed by atoms with van der Waals surface area (Å²) in [5, 5.41) is 21.7. The van der Waals surface area contributed by atoms with Crippen molar-refractivity contribution in [3.05, 3.63) is 58.8 Å². The molecule has 0 unspecified atom stereocenters. The Morgan fingerprint density at radius 2 is 1.81 bits per heavy atom. The lowest BCUT2D eigenvalue weighted by Gasteiger charge is -2.16. The Labute approximate surface area is 162 Å². The molecule has 27 heavy (non-hydrogen) atoms. The summed E-state index contributed by atoms with van der Waals surface area (Å²) in [5.41, 5.74) is 2.81. The first-order valence-corrected chi connectivity index (χ1v) is 10.3. The van der Waals surface area contributed by atoms with E-state index in [0.717, 1.165) is 47.6 Å². The van der Waals surface area contributed by atoms with Crippen LogP contribution in [0.2, 0.25) is 0 Å². The van der Waals surface area contributed by atoms with Gasteiger partial charge in [0.15, 0.2) is 0 Å². The topological polar surface area (TPSA) is 48.4 Å². The van der Waals surface area contributed by atoms with E-state index in [-0.39, 0.29) is 0 Å². The van der Waals surface area contributed by atoms with E-state index in [2.05, 4.69) is 27.0 Å². The normalized spacial score (nSPS) is 15.0. The highest BCUT2D eigenvalue weighted by Gasteiger charge is 2.14. The van der Waals surface area contributed by atoms with Gasteiger partial charge >= 0.3 is 0 Å². The minimum Gasteiger partial charge on any atom is -0.508 e. The second-order valence-electron chi connectivity index (χ2n) is 7.13. The number of anilines is 2. The number of nitrogens with one attached hydrogen (secondary N) is 1. The molecule has 1 aliphatic rings. The summed E-state index contributed by atoms with van der Waals surface area (Å²) < 4.78 is 0. The third-order valence-corrected chi connectivity index (χ3v) is 6.03. The van der Waals surface area contributed by atoms with Crippen LogP contribution in [0.25, 0.3) is 21.7 Å². The molecule has 1 aliphatic heterocycles. The largest absolute Gasteiger partial charge is 0.508 e. The van der Waals surface area contributed by atoms with Gasteiger partial charge in [-0.25, -0.2) is 4.98 Å². The van der Waals surface area contributed by atoms with E-state index in [0.29, 0.717) is 5.75 Å². The molecule has 0 aliphatic carbocycles. The Hall–Kier alpha value is -2.63. The fourth-order valence-corrected chi connectivity index (χ4v) is 4.69. The molecule has 0 atom stereocenters. The predicted molar refractivity (Wildman–Crippen MR) is 113 cm³/mol. The number of para-hydroxylation sites is 1. The first-order chi connectivity index (χ1) is 13.3. The van der Waals surface area contributed by atoms with Crippen LogP contribution < -0.4 is 5.32 Å². The summed E-state index contributed by atoms with van der Waals surface area (Å²) in [6.07, 6.45) is 2.51. The van der Waals surface area contributed by atoms with Gasteiger partial charge < -0.3 is 10.4 Å². The molecular formula is C22H21N3OS. The lowest BCUT2D eigenvalue weighted by atomic mass is 10.1. The van der Waals surface area contributed by atoms with E-state index in [9.17, 15) is 5.11 Å². The quantitative estimate of drug-likeness (QED) is 0.495. The van der Waals surface area contributed by atoms with Gasteiger partial charge in [-0.1, -0.05) is 24.3 Å². The van der Waals surface area contributed by atoms with Crippen molar-refractivity contribution >= 4 is 44.5 Å². The molecule has 0 amide bonds. The first-order valence-electron chi connectivity index (χ1n) is 9.34. The molecule has 0 bridgehead atoms. The summed E-state index contributed by atoms with van der Waals surface area (Å²) in [6, 6.07) is 14.1. The number of thiophene rings is 1. The highest BCUT2D eigenvalue weighted by molar-refractivity contribution is 7.09. The van der Waals surface area contributed by atoms with Crippen LogP contribution in [0, 0.1) is 0 Å². The molecule has 4 nitrogen and oxygen atoms in total. The van der Waals surface area contributed by atoms with Crippen LogP contribution in [-0.2, 0) is 6.54 Å². The fourth-order valence-electron chi connectivity index (χ4n) is 3.86. The molecule has 4 aromatic rings. The number of hydrogen-bond donors (Lipinski definition) is 2. The van der Waals surface area contributed by atoms with Gasteiger partial charge in [-0.15, -0.1) is 0 Å². The molecule has 0 radical (unpaired) electrons. The van der Waals surface area contributed by atoms with Crippen molar-refractivity contribution in [3.63, 3.8) is 0 Å². The van der Waals surface area contributed by atoms with Crippen molar-refractivity contribution in [3.8, 4) is 5.75 Å². The van der Waals surface area contributed by atoms with Crippen molar-refractivity contribution in [2.75, 3.05) is 18.4 Å². The van der Waals surface area contributed by atoms with Gasteiger partial charge in [-0.05, 0) is 43.4 Å². The van der Waals surface area contributed by atoms with Crippen LogP contribution in [0.5, 0.6) is 5.75 Å². The average molecular weight is 375 g/mol. The molecule has 0 spiro atoms. The van der Waals surface area contributed by atoms with Gasteiger partial charge in [0.2, 0.25) is 0 Å². The minimum atomic E-state index is 0.342. The van der Waals surface area contributed by atoms with E-state index in [4.69, 9.17) is 4.98 Å². The van der Waals surface area contributed by atoms with E-state index in [1.165, 1.54) is 23.6 Å². The molecular weight excluding hydrogens is 354 g/mol. The third-order valence-electron chi connectivity index (χ3n) is 5.28. The van der Waals surface area contributed by atoms with Crippen LogP contribution in [-0.4, -0.2) is 28.1 Å². The predicted octanol–water partition coefficient (Wildman–Crippen LogP) is 5.49. The van der Waals surface area contributed by atoms with Crippen molar-refractivity contribution in [2.45, 2.75) is 19.4 Å². The number of hydrogen-bond acceptors (Lipinski definition) is 5. The summed E-state index contributed by atoms with van der Waals surface area (Å²) in [4.78, 5) is 7.20. The van der Waals surface area contributed by atoms with Crippen LogP contribution in [0.15, 0.2) is 53.2 Å². The Kier molecular flexibility index (Phi) is 4.19. The zero-order valence-corrected chi connectivity index (χ0v) is 15.8. The van der Waals surface area contributed by atoms with Gasteiger partial charge in [0.05, 0.1) is 5.52 Å². The zero-order valence-electron chi connectivity index (χ0n) is 15.0. The molecule has 0 saturated carbocycles. The van der Waals surface area contributed by atoms with Crippen molar-refractivity contribution in [1.82, 2.24) is 9.88 Å². The zero-order chi connectivity index (χ0) is 18.2. The van der Waals surface area contributed by atoms with Crippen LogP contribution in [0.1, 0.15) is 18.4 Å². The van der Waals surface area contributed by atoms with Crippen LogP contribution in [0.3, 0.4) is 0 Å². The second-order valence-corrected chi connectivity index (χ2v) is 7.87. The standard InChI is InChI=1S/C22H21N3OS/c26-21-11-16(8-7-15(21)12-25-9-3-4-10-25)23-22-19-14-27-13-18(19)17-5-1-2-6-20(17)24-22/h1-2,5-8,11,13-14,26H,3-4,9-10,12H2,(H,23,24). The number of phenols is 1. The lowest BCUT2D eigenvalue weighted by molar-refractivity contribution is 0.324. The Morgan fingerprint density at radius 3 is 2.67 bits per heavy atom. The van der Waals surface area contributed by atoms with Crippen molar-refractivity contribution in [1.29, 1.82) is 0 Å². The van der Waals surface area contributed by atoms with E-state index >= 15 is 0 Å². The van der Waals surface area contributed by atoms with Gasteiger partial charge in [-0.3, -0.25) is 4.90 Å². The second kappa shape index (κ2) is 6.83. The molecule has 1 saturated heterocycles.